The third kappa shape index (κ3) is 5.22. The van der Waals surface area contributed by atoms with E-state index < -0.39 is 0 Å². The number of rotatable bonds is 6. The van der Waals surface area contributed by atoms with Crippen molar-refractivity contribution in [2.45, 2.75) is 57.4 Å². The molecule has 1 amide bonds. The first-order chi connectivity index (χ1) is 12.9. The predicted molar refractivity (Wildman–Crippen MR) is 109 cm³/mol. The minimum absolute atomic E-state index is 0.208. The molecule has 1 aromatic rings. The molecule has 1 fully saturated rings. The van der Waals surface area contributed by atoms with Gasteiger partial charge in [0, 0.05) is 39.0 Å². The standard InChI is InChI=1S/C22H36N4O/c1-24(2)16-20-14-21(23-26(20)4)18-12-10-17(11-13-18)15-25(3)22(27)19-8-6-5-7-9-19/h5-6,14,17-19H,7-13,15-16H2,1-4H3/t17?,18?,19-/m1/s1. The molecule has 1 atom stereocenters. The highest BCUT2D eigenvalue weighted by molar-refractivity contribution is 5.78. The Morgan fingerprint density at radius 1 is 1.15 bits per heavy atom. The van der Waals surface area contributed by atoms with Gasteiger partial charge in [-0.1, -0.05) is 12.2 Å². The van der Waals surface area contributed by atoms with E-state index in [4.69, 9.17) is 5.10 Å². The Hall–Kier alpha value is -1.62. The second-order valence-electron chi connectivity index (χ2n) is 8.84. The Balaban J connectivity index is 1.48. The molecule has 0 aliphatic heterocycles. The highest BCUT2D eigenvalue weighted by Crippen LogP contribution is 2.36. The maximum absolute atomic E-state index is 12.7. The van der Waals surface area contributed by atoms with Crippen molar-refractivity contribution < 1.29 is 4.79 Å². The summed E-state index contributed by atoms with van der Waals surface area (Å²) in [5.41, 5.74) is 2.54. The van der Waals surface area contributed by atoms with Crippen molar-refractivity contribution >= 4 is 5.91 Å². The molecule has 0 bridgehead atoms. The van der Waals surface area contributed by atoms with Crippen molar-refractivity contribution in [2.24, 2.45) is 18.9 Å². The molecule has 150 valence electrons. The highest BCUT2D eigenvalue weighted by atomic mass is 16.2. The lowest BCUT2D eigenvalue weighted by atomic mass is 9.80. The number of nitrogens with zero attached hydrogens (tertiary/aromatic N) is 4. The van der Waals surface area contributed by atoms with Crippen molar-refractivity contribution in [3.8, 4) is 0 Å². The van der Waals surface area contributed by atoms with Crippen LogP contribution in [0.5, 0.6) is 0 Å². The second kappa shape index (κ2) is 9.05. The van der Waals surface area contributed by atoms with Gasteiger partial charge in [0.2, 0.25) is 5.91 Å². The van der Waals surface area contributed by atoms with Crippen molar-refractivity contribution in [1.29, 1.82) is 0 Å². The summed E-state index contributed by atoms with van der Waals surface area (Å²) >= 11 is 0. The van der Waals surface area contributed by atoms with Gasteiger partial charge < -0.3 is 9.80 Å². The van der Waals surface area contributed by atoms with Gasteiger partial charge in [-0.25, -0.2) is 0 Å². The average Bonchev–Trinajstić information content (AvgIpc) is 3.02. The first kappa shape index (κ1) is 20.1. The van der Waals surface area contributed by atoms with E-state index in [0.717, 1.165) is 32.4 Å². The van der Waals surface area contributed by atoms with Crippen LogP contribution in [0, 0.1) is 11.8 Å². The highest BCUT2D eigenvalue weighted by Gasteiger charge is 2.28. The molecule has 2 aliphatic rings. The monoisotopic (exact) mass is 372 g/mol. The third-order valence-corrected chi connectivity index (χ3v) is 6.27. The molecule has 5 nitrogen and oxygen atoms in total. The summed E-state index contributed by atoms with van der Waals surface area (Å²) in [6.45, 7) is 1.85. The number of aryl methyl sites for hydroxylation is 1. The lowest BCUT2D eigenvalue weighted by Crippen LogP contribution is -2.37. The van der Waals surface area contributed by atoms with E-state index in [0.29, 0.717) is 17.7 Å². The minimum atomic E-state index is 0.208. The number of carbonyl (C=O) groups excluding carboxylic acids is 1. The first-order valence-corrected chi connectivity index (χ1v) is 10.5. The van der Waals surface area contributed by atoms with Crippen molar-refractivity contribution in [3.63, 3.8) is 0 Å². The van der Waals surface area contributed by atoms with E-state index in [1.54, 1.807) is 0 Å². The van der Waals surface area contributed by atoms with Gasteiger partial charge in [0.1, 0.15) is 0 Å². The predicted octanol–water partition coefficient (Wildman–Crippen LogP) is 3.57. The Labute approximate surface area is 164 Å². The molecule has 1 saturated carbocycles. The maximum Gasteiger partial charge on any atom is 0.225 e. The average molecular weight is 373 g/mol. The molecular weight excluding hydrogens is 336 g/mol. The van der Waals surface area contributed by atoms with E-state index in [1.165, 1.54) is 37.1 Å². The van der Waals surface area contributed by atoms with Gasteiger partial charge in [0.15, 0.2) is 0 Å². The minimum Gasteiger partial charge on any atom is -0.345 e. The number of amides is 1. The SMILES string of the molecule is CN(C)Cc1cc(C2CCC(CN(C)C(=O)[C@@H]3CC=CCC3)CC2)nn1C. The van der Waals surface area contributed by atoms with Gasteiger partial charge in [-0.2, -0.15) is 5.10 Å². The van der Waals surface area contributed by atoms with Crippen molar-refractivity contribution in [1.82, 2.24) is 19.6 Å². The lowest BCUT2D eigenvalue weighted by Gasteiger charge is -2.32. The van der Waals surface area contributed by atoms with Gasteiger partial charge in [0.25, 0.3) is 0 Å². The Morgan fingerprint density at radius 3 is 2.52 bits per heavy atom. The molecule has 5 heteroatoms. The zero-order valence-corrected chi connectivity index (χ0v) is 17.5. The molecule has 0 aromatic carbocycles. The summed E-state index contributed by atoms with van der Waals surface area (Å²) in [6, 6.07) is 2.29. The zero-order chi connectivity index (χ0) is 19.4. The number of aromatic nitrogens is 2. The van der Waals surface area contributed by atoms with Gasteiger partial charge in [-0.05, 0) is 71.0 Å². The normalized spacial score (nSPS) is 25.7. The fourth-order valence-electron chi connectivity index (χ4n) is 4.65. The molecule has 1 aromatic heterocycles. The van der Waals surface area contributed by atoms with Gasteiger partial charge in [-0.15, -0.1) is 0 Å². The second-order valence-corrected chi connectivity index (χ2v) is 8.84. The number of hydrogen-bond acceptors (Lipinski definition) is 3. The smallest absolute Gasteiger partial charge is 0.225 e. The first-order valence-electron chi connectivity index (χ1n) is 10.5. The number of allylic oxidation sites excluding steroid dienone is 2. The molecule has 0 N–H and O–H groups in total. The molecule has 27 heavy (non-hydrogen) atoms. The van der Waals surface area contributed by atoms with Crippen LogP contribution in [-0.2, 0) is 18.4 Å². The van der Waals surface area contributed by atoms with Crippen LogP contribution in [0.15, 0.2) is 18.2 Å². The van der Waals surface area contributed by atoms with Gasteiger partial charge in [0.05, 0.1) is 11.4 Å². The number of carbonyl (C=O) groups is 1. The Bertz CT molecular complexity index is 655. The Kier molecular flexibility index (Phi) is 6.74. The number of hydrogen-bond donors (Lipinski definition) is 0. The molecule has 3 rings (SSSR count). The van der Waals surface area contributed by atoms with Crippen LogP contribution >= 0.6 is 0 Å². The third-order valence-electron chi connectivity index (χ3n) is 6.27. The van der Waals surface area contributed by atoms with E-state index >= 15 is 0 Å². The molecular formula is C22H36N4O. The van der Waals surface area contributed by atoms with Crippen LogP contribution < -0.4 is 0 Å². The van der Waals surface area contributed by atoms with E-state index in [1.807, 2.05) is 16.6 Å². The fraction of sp³-hybridized carbons (Fsp3) is 0.727. The molecule has 0 spiro atoms. The van der Waals surface area contributed by atoms with Gasteiger partial charge in [-0.3, -0.25) is 9.48 Å². The van der Waals surface area contributed by atoms with E-state index in [2.05, 4.69) is 44.3 Å². The van der Waals surface area contributed by atoms with E-state index in [9.17, 15) is 4.79 Å². The van der Waals surface area contributed by atoms with Crippen LogP contribution in [0.3, 0.4) is 0 Å². The summed E-state index contributed by atoms with van der Waals surface area (Å²) in [6.07, 6.45) is 12.1. The van der Waals surface area contributed by atoms with Crippen LogP contribution in [0.25, 0.3) is 0 Å². The molecule has 0 saturated heterocycles. The largest absolute Gasteiger partial charge is 0.345 e. The fourth-order valence-corrected chi connectivity index (χ4v) is 4.65. The quantitative estimate of drug-likeness (QED) is 0.717. The summed E-state index contributed by atoms with van der Waals surface area (Å²) in [7, 11) is 8.24. The van der Waals surface area contributed by atoms with Crippen LogP contribution in [0.4, 0.5) is 0 Å². The molecule has 2 aliphatic carbocycles. The summed E-state index contributed by atoms with van der Waals surface area (Å²) in [5, 5.41) is 4.78. The van der Waals surface area contributed by atoms with Crippen molar-refractivity contribution in [3.05, 3.63) is 29.6 Å². The topological polar surface area (TPSA) is 41.4 Å². The lowest BCUT2D eigenvalue weighted by molar-refractivity contribution is -0.135. The van der Waals surface area contributed by atoms with Crippen LogP contribution in [0.2, 0.25) is 0 Å². The zero-order valence-electron chi connectivity index (χ0n) is 17.5. The maximum atomic E-state index is 12.7. The molecule has 0 unspecified atom stereocenters. The van der Waals surface area contributed by atoms with Crippen LogP contribution in [0.1, 0.15) is 62.3 Å². The Morgan fingerprint density at radius 2 is 1.89 bits per heavy atom. The summed E-state index contributed by atoms with van der Waals surface area (Å²) < 4.78 is 2.03. The summed E-state index contributed by atoms with van der Waals surface area (Å²) in [4.78, 5) is 16.9. The molecule has 0 radical (unpaired) electrons. The van der Waals surface area contributed by atoms with Crippen molar-refractivity contribution in [2.75, 3.05) is 27.7 Å². The van der Waals surface area contributed by atoms with E-state index in [-0.39, 0.29) is 5.92 Å². The molecule has 1 heterocycles. The van der Waals surface area contributed by atoms with Crippen LogP contribution in [-0.4, -0.2) is 53.2 Å². The van der Waals surface area contributed by atoms with Gasteiger partial charge >= 0.3 is 0 Å². The summed E-state index contributed by atoms with van der Waals surface area (Å²) in [5.74, 6) is 1.77.